The third kappa shape index (κ3) is 2.94. The zero-order valence-corrected chi connectivity index (χ0v) is 15.7. The number of hydrogen-bond acceptors (Lipinski definition) is 3. The van der Waals surface area contributed by atoms with Crippen molar-refractivity contribution in [1.82, 2.24) is 0 Å². The molecule has 0 N–H and O–H groups in total. The minimum atomic E-state index is -0.462. The zero-order valence-electron chi connectivity index (χ0n) is 11.7. The first-order chi connectivity index (χ1) is 9.85. The first-order valence-corrected chi connectivity index (χ1v) is 8.88. The molecule has 0 amide bonds. The quantitative estimate of drug-likeness (QED) is 0.333. The normalized spacial score (nSPS) is 23.5. The number of nitrogens with zero attached hydrogens (tertiary/aromatic N) is 1. The average molecular weight is 442 g/mol. The third-order valence-corrected chi connectivity index (χ3v) is 6.54. The summed E-state index contributed by atoms with van der Waals surface area (Å²) in [4.78, 5) is 11.1. The molecule has 7 heteroatoms. The van der Waals surface area contributed by atoms with Crippen LogP contribution in [0.3, 0.4) is 0 Å². The van der Waals surface area contributed by atoms with Gasteiger partial charge in [-0.25, -0.2) is 0 Å². The molecule has 0 bridgehead atoms. The second-order valence-corrected chi connectivity index (χ2v) is 7.64. The van der Waals surface area contributed by atoms with Gasteiger partial charge in [-0.3, -0.25) is 10.1 Å². The van der Waals surface area contributed by atoms with E-state index in [-0.39, 0.29) is 23.0 Å². The van der Waals surface area contributed by atoms with Gasteiger partial charge >= 0.3 is 5.69 Å². The lowest BCUT2D eigenvalue weighted by atomic mass is 9.62. The smallest absolute Gasteiger partial charge is 0.313 e. The summed E-state index contributed by atoms with van der Waals surface area (Å²) in [6, 6.07) is 2.94. The van der Waals surface area contributed by atoms with Crippen molar-refractivity contribution >= 4 is 49.1 Å². The van der Waals surface area contributed by atoms with Gasteiger partial charge in [0.15, 0.2) is 0 Å². The van der Waals surface area contributed by atoms with Gasteiger partial charge in [-0.1, -0.05) is 41.4 Å². The monoisotopic (exact) mass is 439 g/mol. The van der Waals surface area contributed by atoms with Gasteiger partial charge in [-0.15, -0.1) is 0 Å². The van der Waals surface area contributed by atoms with Crippen molar-refractivity contribution in [2.45, 2.75) is 44.0 Å². The molecule has 2 rings (SSSR count). The summed E-state index contributed by atoms with van der Waals surface area (Å²) in [5.41, 5.74) is -0.0825. The van der Waals surface area contributed by atoms with E-state index in [1.807, 2.05) is 0 Å². The van der Waals surface area contributed by atoms with Crippen LogP contribution in [0.4, 0.5) is 5.69 Å². The summed E-state index contributed by atoms with van der Waals surface area (Å²) < 4.78 is 6.53. The predicted molar refractivity (Wildman–Crippen MR) is 90.6 cm³/mol. The van der Waals surface area contributed by atoms with E-state index in [1.165, 1.54) is 6.07 Å². The van der Waals surface area contributed by atoms with Crippen LogP contribution in [0.5, 0.6) is 5.75 Å². The number of hydrogen-bond donors (Lipinski definition) is 0. The molecule has 0 aliphatic heterocycles. The number of halogens is 3. The van der Waals surface area contributed by atoms with Crippen LogP contribution in [0.25, 0.3) is 0 Å². The molecule has 1 aromatic carbocycles. The first kappa shape index (κ1) is 17.0. The van der Waals surface area contributed by atoms with E-state index in [9.17, 15) is 10.1 Å². The van der Waals surface area contributed by atoms with Crippen molar-refractivity contribution in [2.75, 3.05) is 0 Å². The van der Waals surface area contributed by atoms with E-state index in [2.05, 4.69) is 45.7 Å². The van der Waals surface area contributed by atoms with Gasteiger partial charge < -0.3 is 4.74 Å². The standard InChI is InChI=1S/C14H16Br2ClNO3/c1-3-14(4-2)11(16)7-12(14)21-13-9(15)5-8(17)6-10(13)18(19)20/h5-6,11-12H,3-4,7H2,1-2H3. The largest absolute Gasteiger partial charge is 0.482 e. The highest BCUT2D eigenvalue weighted by molar-refractivity contribution is 9.10. The van der Waals surface area contributed by atoms with E-state index in [1.54, 1.807) is 6.07 Å². The molecule has 2 unspecified atom stereocenters. The molecule has 0 saturated heterocycles. The molecule has 1 aliphatic rings. The summed E-state index contributed by atoms with van der Waals surface area (Å²) in [6.45, 7) is 4.25. The Bertz CT molecular complexity index is 563. The maximum absolute atomic E-state index is 11.2. The van der Waals surface area contributed by atoms with Crippen molar-refractivity contribution in [3.63, 3.8) is 0 Å². The molecular formula is C14H16Br2ClNO3. The molecule has 4 nitrogen and oxygen atoms in total. The van der Waals surface area contributed by atoms with E-state index in [0.717, 1.165) is 19.3 Å². The summed E-state index contributed by atoms with van der Waals surface area (Å²) in [5, 5.41) is 11.5. The van der Waals surface area contributed by atoms with Crippen molar-refractivity contribution in [1.29, 1.82) is 0 Å². The van der Waals surface area contributed by atoms with Crippen molar-refractivity contribution in [3.8, 4) is 5.75 Å². The fourth-order valence-corrected chi connectivity index (χ4v) is 5.12. The Labute approximate surface area is 145 Å². The first-order valence-electron chi connectivity index (χ1n) is 6.79. The zero-order chi connectivity index (χ0) is 15.8. The second-order valence-electron chi connectivity index (χ2n) is 5.24. The molecule has 1 aliphatic carbocycles. The van der Waals surface area contributed by atoms with E-state index < -0.39 is 4.92 Å². The van der Waals surface area contributed by atoms with Crippen molar-refractivity contribution < 1.29 is 9.66 Å². The molecule has 0 aromatic heterocycles. The number of nitro groups is 1. The Morgan fingerprint density at radius 2 is 2.10 bits per heavy atom. The van der Waals surface area contributed by atoms with Crippen LogP contribution >= 0.6 is 43.5 Å². The molecule has 1 aromatic rings. The van der Waals surface area contributed by atoms with Crippen LogP contribution in [0.15, 0.2) is 16.6 Å². The molecule has 2 atom stereocenters. The number of benzene rings is 1. The van der Waals surface area contributed by atoms with Crippen LogP contribution in [0.2, 0.25) is 5.02 Å². The number of rotatable bonds is 5. The van der Waals surface area contributed by atoms with E-state index >= 15 is 0 Å². The average Bonchev–Trinajstić information content (AvgIpc) is 2.41. The Kier molecular flexibility index (Phi) is 5.21. The second kappa shape index (κ2) is 6.42. The molecule has 1 saturated carbocycles. The molecule has 1 fully saturated rings. The van der Waals surface area contributed by atoms with Crippen LogP contribution < -0.4 is 4.74 Å². The van der Waals surface area contributed by atoms with Gasteiger partial charge in [0.25, 0.3) is 0 Å². The number of alkyl halides is 1. The van der Waals surface area contributed by atoms with Gasteiger partial charge in [0, 0.05) is 21.3 Å². The fraction of sp³-hybridized carbons (Fsp3) is 0.571. The van der Waals surface area contributed by atoms with Crippen molar-refractivity contribution in [3.05, 3.63) is 31.7 Å². The van der Waals surface area contributed by atoms with Crippen LogP contribution in [-0.2, 0) is 0 Å². The SMILES string of the molecule is CCC1(CC)C(Br)CC1Oc1c(Br)cc(Cl)cc1[N+](=O)[O-]. The van der Waals surface area contributed by atoms with Gasteiger partial charge in [0.05, 0.1) is 9.40 Å². The molecule has 0 heterocycles. The van der Waals surface area contributed by atoms with Gasteiger partial charge in [0.1, 0.15) is 6.10 Å². The summed E-state index contributed by atoms with van der Waals surface area (Å²) >= 11 is 12.9. The summed E-state index contributed by atoms with van der Waals surface area (Å²) in [6.07, 6.45) is 2.73. The minimum Gasteiger partial charge on any atom is -0.482 e. The Morgan fingerprint density at radius 3 is 2.57 bits per heavy atom. The summed E-state index contributed by atoms with van der Waals surface area (Å²) in [7, 11) is 0. The molecular weight excluding hydrogens is 425 g/mol. The minimum absolute atomic E-state index is 0.0208. The maximum atomic E-state index is 11.2. The Morgan fingerprint density at radius 1 is 1.48 bits per heavy atom. The van der Waals surface area contributed by atoms with Crippen LogP contribution in [-0.4, -0.2) is 15.9 Å². The molecule has 21 heavy (non-hydrogen) atoms. The predicted octanol–water partition coefficient (Wildman–Crippen LogP) is 5.73. The number of ether oxygens (including phenoxy) is 1. The highest BCUT2D eigenvalue weighted by Crippen LogP contribution is 2.54. The van der Waals surface area contributed by atoms with Crippen molar-refractivity contribution in [2.24, 2.45) is 5.41 Å². The van der Waals surface area contributed by atoms with Gasteiger partial charge in [0.2, 0.25) is 5.75 Å². The van der Waals surface area contributed by atoms with Gasteiger partial charge in [-0.05, 0) is 41.3 Å². The topological polar surface area (TPSA) is 52.4 Å². The summed E-state index contributed by atoms with van der Waals surface area (Å²) in [5.74, 6) is 0.264. The van der Waals surface area contributed by atoms with Crippen LogP contribution in [0, 0.1) is 15.5 Å². The number of nitro benzene ring substituents is 1. The highest BCUT2D eigenvalue weighted by atomic mass is 79.9. The Balaban J connectivity index is 2.34. The fourth-order valence-electron chi connectivity index (χ4n) is 2.95. The third-order valence-electron chi connectivity index (χ3n) is 4.45. The van der Waals surface area contributed by atoms with Crippen LogP contribution in [0.1, 0.15) is 33.1 Å². The molecule has 116 valence electrons. The molecule has 0 spiro atoms. The van der Waals surface area contributed by atoms with Gasteiger partial charge in [-0.2, -0.15) is 0 Å². The Hall–Kier alpha value is -0.330. The highest BCUT2D eigenvalue weighted by Gasteiger charge is 2.53. The molecule has 0 radical (unpaired) electrons. The van der Waals surface area contributed by atoms with E-state index in [0.29, 0.717) is 14.3 Å². The maximum Gasteiger partial charge on any atom is 0.313 e. The van der Waals surface area contributed by atoms with E-state index in [4.69, 9.17) is 16.3 Å². The lowest BCUT2D eigenvalue weighted by molar-refractivity contribution is -0.386. The lowest BCUT2D eigenvalue weighted by Gasteiger charge is -2.52. The lowest BCUT2D eigenvalue weighted by Crippen LogP contribution is -2.56.